The van der Waals surface area contributed by atoms with Gasteiger partial charge in [0.2, 0.25) is 0 Å². The van der Waals surface area contributed by atoms with Crippen molar-refractivity contribution in [2.45, 2.75) is 25.2 Å². The van der Waals surface area contributed by atoms with Crippen LogP contribution in [0.25, 0.3) is 0 Å². The van der Waals surface area contributed by atoms with Crippen LogP contribution in [0, 0.1) is 0 Å². The van der Waals surface area contributed by atoms with E-state index < -0.39 is 0 Å². The molecule has 1 aliphatic heterocycles. The van der Waals surface area contributed by atoms with Crippen molar-refractivity contribution in [1.82, 2.24) is 0 Å². The third-order valence-corrected chi connectivity index (χ3v) is 5.94. The Hall–Kier alpha value is -3.35. The molecule has 7 heteroatoms. The smallest absolute Gasteiger partial charge is 0.164 e. The van der Waals surface area contributed by atoms with Crippen LogP contribution in [0.3, 0.4) is 0 Å². The van der Waals surface area contributed by atoms with Gasteiger partial charge in [0.05, 0.1) is 35.5 Å². The van der Waals surface area contributed by atoms with E-state index in [4.69, 9.17) is 23.7 Å². The zero-order chi connectivity index (χ0) is 22.1. The number of allylic oxidation sites excluding steroid dienone is 2. The fourth-order valence-corrected chi connectivity index (χ4v) is 4.49. The summed E-state index contributed by atoms with van der Waals surface area (Å²) in [6, 6.07) is 7.52. The first-order valence-corrected chi connectivity index (χ1v) is 10.1. The van der Waals surface area contributed by atoms with Gasteiger partial charge >= 0.3 is 0 Å². The Bertz CT molecular complexity index is 1060. The lowest BCUT2D eigenvalue weighted by Crippen LogP contribution is -2.27. The van der Waals surface area contributed by atoms with Crippen LogP contribution in [-0.2, 0) is 4.79 Å². The minimum absolute atomic E-state index is 0.135. The molecule has 1 N–H and O–H groups in total. The molecule has 1 heterocycles. The van der Waals surface area contributed by atoms with E-state index >= 15 is 0 Å². The fraction of sp³-hybridized carbons (Fsp3) is 0.375. The quantitative estimate of drug-likeness (QED) is 0.740. The van der Waals surface area contributed by atoms with Gasteiger partial charge in [0.15, 0.2) is 28.8 Å². The second kappa shape index (κ2) is 8.41. The average molecular weight is 425 g/mol. The summed E-state index contributed by atoms with van der Waals surface area (Å²) in [6.07, 6.45) is 2.15. The van der Waals surface area contributed by atoms with E-state index in [1.807, 2.05) is 18.2 Å². The van der Waals surface area contributed by atoms with Crippen molar-refractivity contribution in [3.8, 4) is 28.7 Å². The predicted molar refractivity (Wildman–Crippen MR) is 117 cm³/mol. The summed E-state index contributed by atoms with van der Waals surface area (Å²) < 4.78 is 27.8. The fourth-order valence-electron chi connectivity index (χ4n) is 4.49. The standard InChI is InChI=1S/C24H27NO6/c1-27-18-12-22(31-5)20(29-3)10-14(18)23-13-9-19(28-2)21(30-4)11-16(13)25-15-7-6-8-17(26)24(15)23/h9-12,23,25H,6-8H2,1-5H3. The summed E-state index contributed by atoms with van der Waals surface area (Å²) >= 11 is 0. The van der Waals surface area contributed by atoms with Gasteiger partial charge in [0.25, 0.3) is 0 Å². The molecule has 0 saturated heterocycles. The normalized spacial score (nSPS) is 17.3. The van der Waals surface area contributed by atoms with Gasteiger partial charge in [-0.2, -0.15) is 0 Å². The van der Waals surface area contributed by atoms with Crippen molar-refractivity contribution < 1.29 is 28.5 Å². The third kappa shape index (κ3) is 3.44. The Balaban J connectivity index is 2.01. The first-order valence-electron chi connectivity index (χ1n) is 10.1. The van der Waals surface area contributed by atoms with Crippen LogP contribution in [0.4, 0.5) is 5.69 Å². The molecule has 1 unspecified atom stereocenters. The number of methoxy groups -OCH3 is 5. The summed E-state index contributed by atoms with van der Waals surface area (Å²) in [7, 11) is 7.99. The number of Topliss-reactive ketones (excluding diaryl/α,β-unsaturated/α-hetero) is 1. The van der Waals surface area contributed by atoms with E-state index in [1.165, 1.54) is 0 Å². The molecular weight excluding hydrogens is 398 g/mol. The van der Waals surface area contributed by atoms with Crippen molar-refractivity contribution in [3.63, 3.8) is 0 Å². The summed E-state index contributed by atoms with van der Waals surface area (Å²) in [5.41, 5.74) is 4.33. The number of ketones is 1. The van der Waals surface area contributed by atoms with Crippen LogP contribution in [0.2, 0.25) is 0 Å². The molecule has 164 valence electrons. The van der Waals surface area contributed by atoms with Crippen LogP contribution < -0.4 is 29.0 Å². The molecular formula is C24H27NO6. The van der Waals surface area contributed by atoms with Crippen LogP contribution >= 0.6 is 0 Å². The number of hydrogen-bond acceptors (Lipinski definition) is 7. The highest BCUT2D eigenvalue weighted by Crippen LogP contribution is 2.51. The summed E-state index contributed by atoms with van der Waals surface area (Å²) in [5, 5.41) is 3.47. The first kappa shape index (κ1) is 20.9. The zero-order valence-electron chi connectivity index (χ0n) is 18.5. The Morgan fingerprint density at radius 2 is 1.26 bits per heavy atom. The highest BCUT2D eigenvalue weighted by atomic mass is 16.5. The minimum Gasteiger partial charge on any atom is -0.496 e. The Labute approximate surface area is 181 Å². The van der Waals surface area contributed by atoms with Crippen LogP contribution in [0.5, 0.6) is 28.7 Å². The number of rotatable bonds is 6. The largest absolute Gasteiger partial charge is 0.496 e. The minimum atomic E-state index is -0.339. The van der Waals surface area contributed by atoms with Gasteiger partial charge in [-0.1, -0.05) is 0 Å². The van der Waals surface area contributed by atoms with E-state index in [0.29, 0.717) is 35.2 Å². The molecule has 31 heavy (non-hydrogen) atoms. The number of fused-ring (bicyclic) bond motifs is 1. The van der Waals surface area contributed by atoms with Crippen LogP contribution in [0.15, 0.2) is 35.5 Å². The molecule has 0 fully saturated rings. The molecule has 0 amide bonds. The van der Waals surface area contributed by atoms with Crippen molar-refractivity contribution in [3.05, 3.63) is 46.7 Å². The number of ether oxygens (including phenoxy) is 5. The Morgan fingerprint density at radius 1 is 0.710 bits per heavy atom. The molecule has 0 saturated carbocycles. The maximum absolute atomic E-state index is 13.1. The van der Waals surface area contributed by atoms with Gasteiger partial charge in [-0.25, -0.2) is 0 Å². The Kier molecular flexibility index (Phi) is 5.67. The van der Waals surface area contributed by atoms with Gasteiger partial charge in [0, 0.05) is 47.0 Å². The predicted octanol–water partition coefficient (Wildman–Crippen LogP) is 4.29. The lowest BCUT2D eigenvalue weighted by atomic mass is 9.75. The SMILES string of the molecule is COc1cc2c(cc1OC)C(c1cc(OC)c(OC)cc1OC)C1=C(CCCC1=O)N2. The van der Waals surface area contributed by atoms with Crippen molar-refractivity contribution in [2.24, 2.45) is 0 Å². The van der Waals surface area contributed by atoms with Crippen molar-refractivity contribution in [1.29, 1.82) is 0 Å². The van der Waals surface area contributed by atoms with E-state index in [2.05, 4.69) is 5.32 Å². The van der Waals surface area contributed by atoms with E-state index in [1.54, 1.807) is 41.6 Å². The lowest BCUT2D eigenvalue weighted by Gasteiger charge is -2.35. The number of anilines is 1. The van der Waals surface area contributed by atoms with Crippen LogP contribution in [0.1, 0.15) is 36.3 Å². The number of carbonyl (C=O) groups excluding carboxylic acids is 1. The third-order valence-electron chi connectivity index (χ3n) is 5.94. The van der Waals surface area contributed by atoms with Gasteiger partial charge in [0.1, 0.15) is 5.75 Å². The Morgan fingerprint density at radius 3 is 1.87 bits per heavy atom. The molecule has 0 radical (unpaired) electrons. The van der Waals surface area contributed by atoms with Crippen LogP contribution in [-0.4, -0.2) is 41.3 Å². The highest BCUT2D eigenvalue weighted by molar-refractivity contribution is 6.01. The second-order valence-electron chi connectivity index (χ2n) is 7.47. The number of benzene rings is 2. The molecule has 2 aliphatic rings. The number of hydrogen-bond donors (Lipinski definition) is 1. The lowest BCUT2D eigenvalue weighted by molar-refractivity contribution is -0.116. The maximum Gasteiger partial charge on any atom is 0.164 e. The second-order valence-corrected chi connectivity index (χ2v) is 7.47. The first-order chi connectivity index (χ1) is 15.1. The zero-order valence-corrected chi connectivity index (χ0v) is 18.5. The molecule has 0 bridgehead atoms. The molecule has 4 rings (SSSR count). The number of carbonyl (C=O) groups is 1. The molecule has 1 aliphatic carbocycles. The van der Waals surface area contributed by atoms with E-state index in [9.17, 15) is 4.79 Å². The summed E-state index contributed by atoms with van der Waals surface area (Å²) in [5.74, 6) is 2.77. The average Bonchev–Trinajstić information content (AvgIpc) is 2.81. The molecule has 2 aromatic rings. The maximum atomic E-state index is 13.1. The summed E-state index contributed by atoms with van der Waals surface area (Å²) in [4.78, 5) is 13.1. The van der Waals surface area contributed by atoms with E-state index in [-0.39, 0.29) is 11.7 Å². The van der Waals surface area contributed by atoms with Gasteiger partial charge < -0.3 is 29.0 Å². The highest BCUT2D eigenvalue weighted by Gasteiger charge is 2.38. The molecule has 1 atom stereocenters. The van der Waals surface area contributed by atoms with Gasteiger partial charge in [-0.3, -0.25) is 4.79 Å². The molecule has 0 spiro atoms. The monoisotopic (exact) mass is 425 g/mol. The molecule has 7 nitrogen and oxygen atoms in total. The molecule has 2 aromatic carbocycles. The topological polar surface area (TPSA) is 75.2 Å². The van der Waals surface area contributed by atoms with E-state index in [0.717, 1.165) is 40.9 Å². The number of nitrogens with one attached hydrogen (secondary N) is 1. The van der Waals surface area contributed by atoms with Gasteiger partial charge in [-0.15, -0.1) is 0 Å². The molecule has 0 aromatic heterocycles. The van der Waals surface area contributed by atoms with Crippen molar-refractivity contribution >= 4 is 11.5 Å². The summed E-state index contributed by atoms with van der Waals surface area (Å²) in [6.45, 7) is 0. The van der Waals surface area contributed by atoms with Gasteiger partial charge in [-0.05, 0) is 30.5 Å². The van der Waals surface area contributed by atoms with Crippen molar-refractivity contribution in [2.75, 3.05) is 40.9 Å².